The summed E-state index contributed by atoms with van der Waals surface area (Å²) in [4.78, 5) is 30.3. The Morgan fingerprint density at radius 3 is 2.72 bits per heavy atom. The molecule has 1 aromatic carbocycles. The number of esters is 1. The number of hydrogen-bond acceptors (Lipinski definition) is 7. The zero-order valence-electron chi connectivity index (χ0n) is 20.9. The molecule has 12 heteroatoms. The van der Waals surface area contributed by atoms with E-state index < -0.39 is 16.1 Å². The average Bonchev–Trinajstić information content (AvgIpc) is 2.85. The number of carbonyl (C=O) groups excluding carboxylic acids is 2. The summed E-state index contributed by atoms with van der Waals surface area (Å²) in [5.41, 5.74) is 12.4. The van der Waals surface area contributed by atoms with Crippen molar-refractivity contribution in [3.05, 3.63) is 23.8 Å². The first-order valence-electron chi connectivity index (χ1n) is 12.5. The van der Waals surface area contributed by atoms with Crippen LogP contribution in [-0.4, -0.2) is 70.0 Å². The number of anilines is 1. The minimum Gasteiger partial charge on any atom is -0.466 e. The summed E-state index contributed by atoms with van der Waals surface area (Å²) in [5, 5.41) is 3.21. The number of para-hydroxylation sites is 1. The zero-order valence-corrected chi connectivity index (χ0v) is 21.7. The zero-order chi connectivity index (χ0) is 26.1. The molecule has 0 aromatic heterocycles. The molecular formula is C24H38N6O5S. The first-order valence-corrected chi connectivity index (χ1v) is 14.0. The number of carbonyl (C=O) groups is 2. The van der Waals surface area contributed by atoms with Crippen LogP contribution < -0.4 is 21.5 Å². The number of sulfonamides is 1. The number of benzene rings is 1. The van der Waals surface area contributed by atoms with E-state index in [4.69, 9.17) is 16.2 Å². The van der Waals surface area contributed by atoms with Crippen molar-refractivity contribution in [2.24, 2.45) is 22.4 Å². The maximum atomic E-state index is 13.5. The largest absolute Gasteiger partial charge is 0.466 e. The van der Waals surface area contributed by atoms with Gasteiger partial charge in [-0.3, -0.25) is 14.6 Å². The molecule has 0 radical (unpaired) electrons. The first-order chi connectivity index (χ1) is 17.2. The number of hydrogen-bond donors (Lipinski definition) is 4. The molecule has 2 aliphatic rings. The summed E-state index contributed by atoms with van der Waals surface area (Å²) in [7, 11) is -3.96. The summed E-state index contributed by atoms with van der Waals surface area (Å²) >= 11 is 0. The molecule has 2 aliphatic heterocycles. The second-order valence-electron chi connectivity index (χ2n) is 9.34. The molecular weight excluding hydrogens is 484 g/mol. The van der Waals surface area contributed by atoms with Crippen molar-refractivity contribution in [2.75, 3.05) is 38.1 Å². The lowest BCUT2D eigenvalue weighted by atomic mass is 9.93. The van der Waals surface area contributed by atoms with Gasteiger partial charge in [0.05, 0.1) is 12.3 Å². The number of nitrogens with two attached hydrogens (primary N) is 2. The summed E-state index contributed by atoms with van der Waals surface area (Å²) in [6.45, 7) is 3.81. The highest BCUT2D eigenvalue weighted by Gasteiger charge is 2.32. The van der Waals surface area contributed by atoms with Gasteiger partial charge in [-0.05, 0) is 62.5 Å². The van der Waals surface area contributed by atoms with Crippen LogP contribution in [0.3, 0.4) is 0 Å². The number of aryl methyl sites for hydroxylation is 1. The minimum atomic E-state index is -3.96. The third-order valence-corrected chi connectivity index (χ3v) is 8.14. The second-order valence-corrected chi connectivity index (χ2v) is 11.0. The number of guanidine groups is 1. The number of rotatable bonds is 11. The minimum absolute atomic E-state index is 0.0451. The van der Waals surface area contributed by atoms with Crippen LogP contribution in [0.2, 0.25) is 0 Å². The summed E-state index contributed by atoms with van der Waals surface area (Å²) in [6.07, 6.45) is 4.76. The van der Waals surface area contributed by atoms with E-state index in [1.807, 2.05) is 6.07 Å². The molecule has 200 valence electrons. The van der Waals surface area contributed by atoms with Gasteiger partial charge in [-0.2, -0.15) is 4.72 Å². The fourth-order valence-corrected chi connectivity index (χ4v) is 6.17. The summed E-state index contributed by atoms with van der Waals surface area (Å²) in [6, 6.07) is 4.29. The molecule has 1 amide bonds. The lowest BCUT2D eigenvalue weighted by Crippen LogP contribution is -2.50. The Labute approximate surface area is 213 Å². The van der Waals surface area contributed by atoms with Crippen LogP contribution >= 0.6 is 0 Å². The molecule has 1 atom stereocenters. The van der Waals surface area contributed by atoms with Gasteiger partial charge >= 0.3 is 5.97 Å². The van der Waals surface area contributed by atoms with Crippen LogP contribution in [-0.2, 0) is 30.8 Å². The fraction of sp³-hybridized carbons (Fsp3) is 0.625. The number of fused-ring (bicyclic) bond motifs is 1. The highest BCUT2D eigenvalue weighted by Crippen LogP contribution is 2.30. The molecule has 0 saturated carbocycles. The summed E-state index contributed by atoms with van der Waals surface area (Å²) in [5.74, 6) is -0.239. The van der Waals surface area contributed by atoms with E-state index in [1.54, 1.807) is 17.0 Å². The normalized spacial score (nSPS) is 17.0. The highest BCUT2D eigenvalue weighted by molar-refractivity contribution is 7.89. The molecule has 0 unspecified atom stereocenters. The van der Waals surface area contributed by atoms with Gasteiger partial charge in [0.1, 0.15) is 10.9 Å². The molecule has 36 heavy (non-hydrogen) atoms. The van der Waals surface area contributed by atoms with Crippen LogP contribution in [0.1, 0.15) is 51.0 Å². The van der Waals surface area contributed by atoms with E-state index in [2.05, 4.69) is 15.0 Å². The van der Waals surface area contributed by atoms with E-state index in [0.29, 0.717) is 50.8 Å². The van der Waals surface area contributed by atoms with Crippen molar-refractivity contribution in [1.29, 1.82) is 0 Å². The van der Waals surface area contributed by atoms with Crippen LogP contribution in [0, 0.1) is 5.92 Å². The standard InChI is InChI=1S/C24H38N6O5S/c1-17(31)35-16-11-18-9-14-30(15-10-18)23(32)20(7-4-13-28-24(25)26)29-36(33,34)21-8-2-5-19-6-3-12-27-22(19)21/h2,5,8,18,20,27,29H,3-4,6-7,9-16H2,1H3,(H4,25,26,28)/t20-/m0/s1. The number of likely N-dealkylation sites (tertiary alicyclic amines) is 1. The molecule has 6 N–H and O–H groups in total. The van der Waals surface area contributed by atoms with E-state index in [0.717, 1.165) is 37.7 Å². The van der Waals surface area contributed by atoms with Crippen LogP contribution in [0.15, 0.2) is 28.1 Å². The second kappa shape index (κ2) is 12.9. The Morgan fingerprint density at radius 2 is 2.03 bits per heavy atom. The Bertz CT molecular complexity index is 1050. The van der Waals surface area contributed by atoms with Crippen molar-refractivity contribution in [2.45, 2.75) is 62.8 Å². The maximum Gasteiger partial charge on any atom is 0.302 e. The monoisotopic (exact) mass is 522 g/mol. The Balaban J connectivity index is 1.69. The van der Waals surface area contributed by atoms with Crippen molar-refractivity contribution in [1.82, 2.24) is 9.62 Å². The number of nitrogens with one attached hydrogen (secondary N) is 2. The van der Waals surface area contributed by atoms with Crippen molar-refractivity contribution < 1.29 is 22.7 Å². The van der Waals surface area contributed by atoms with Gasteiger partial charge in [-0.25, -0.2) is 8.42 Å². The van der Waals surface area contributed by atoms with Gasteiger partial charge in [-0.15, -0.1) is 0 Å². The molecule has 0 aliphatic carbocycles. The lowest BCUT2D eigenvalue weighted by molar-refractivity contribution is -0.141. The van der Waals surface area contributed by atoms with Crippen molar-refractivity contribution in [3.8, 4) is 0 Å². The third-order valence-electron chi connectivity index (χ3n) is 6.63. The van der Waals surface area contributed by atoms with Gasteiger partial charge in [-0.1, -0.05) is 12.1 Å². The molecule has 11 nitrogen and oxygen atoms in total. The van der Waals surface area contributed by atoms with Crippen molar-refractivity contribution in [3.63, 3.8) is 0 Å². The van der Waals surface area contributed by atoms with Gasteiger partial charge < -0.3 is 26.4 Å². The molecule has 0 spiro atoms. The number of nitrogens with zero attached hydrogens (tertiary/aromatic N) is 2. The van der Waals surface area contributed by atoms with Crippen LogP contribution in [0.25, 0.3) is 0 Å². The first kappa shape index (κ1) is 27.7. The molecule has 0 bridgehead atoms. The molecule has 1 fully saturated rings. The van der Waals surface area contributed by atoms with Gasteiger partial charge in [0.15, 0.2) is 5.96 Å². The maximum absolute atomic E-state index is 13.5. The highest BCUT2D eigenvalue weighted by atomic mass is 32.2. The van der Waals surface area contributed by atoms with Gasteiger partial charge in [0.25, 0.3) is 0 Å². The molecule has 2 heterocycles. The SMILES string of the molecule is CC(=O)OCCC1CCN(C(=O)[C@H](CCCN=C(N)N)NS(=O)(=O)c2cccc3c2NCCC3)CC1. The fourth-order valence-electron chi connectivity index (χ4n) is 4.72. The molecule has 3 rings (SSSR count). The summed E-state index contributed by atoms with van der Waals surface area (Å²) < 4.78 is 34.6. The van der Waals surface area contributed by atoms with Crippen molar-refractivity contribution >= 4 is 33.5 Å². The Hall–Kier alpha value is -2.86. The number of piperidine rings is 1. The van der Waals surface area contributed by atoms with E-state index >= 15 is 0 Å². The van der Waals surface area contributed by atoms with Gasteiger partial charge in [0, 0.05) is 33.1 Å². The third kappa shape index (κ3) is 7.82. The molecule has 1 aromatic rings. The number of amides is 1. The Morgan fingerprint density at radius 1 is 1.28 bits per heavy atom. The van der Waals surface area contributed by atoms with Gasteiger partial charge in [0.2, 0.25) is 15.9 Å². The number of ether oxygens (including phenoxy) is 1. The number of aliphatic imine (C=N–C) groups is 1. The quantitative estimate of drug-likeness (QED) is 0.144. The Kier molecular flexibility index (Phi) is 9.94. The molecule has 1 saturated heterocycles. The van der Waals surface area contributed by atoms with Crippen LogP contribution in [0.5, 0.6) is 0 Å². The predicted octanol–water partition coefficient (Wildman–Crippen LogP) is 0.937. The van der Waals surface area contributed by atoms with E-state index in [9.17, 15) is 18.0 Å². The average molecular weight is 523 g/mol. The topological polar surface area (TPSA) is 169 Å². The smallest absolute Gasteiger partial charge is 0.302 e. The lowest BCUT2D eigenvalue weighted by Gasteiger charge is -2.34. The van der Waals surface area contributed by atoms with E-state index in [-0.39, 0.29) is 29.2 Å². The predicted molar refractivity (Wildman–Crippen MR) is 138 cm³/mol. The van der Waals surface area contributed by atoms with Crippen LogP contribution in [0.4, 0.5) is 5.69 Å². The van der Waals surface area contributed by atoms with E-state index in [1.165, 1.54) is 6.92 Å².